The van der Waals surface area contributed by atoms with Gasteiger partial charge in [-0.2, -0.15) is 0 Å². The highest BCUT2D eigenvalue weighted by Crippen LogP contribution is 2.24. The van der Waals surface area contributed by atoms with Crippen LogP contribution in [-0.4, -0.2) is 39.1 Å². The van der Waals surface area contributed by atoms with Gasteiger partial charge in [-0.15, -0.1) is 24.8 Å². The summed E-state index contributed by atoms with van der Waals surface area (Å²) in [6.07, 6.45) is 7.25. The molecule has 0 radical (unpaired) electrons. The number of benzene rings is 1. The minimum Gasteiger partial charge on any atom is -0.314 e. The summed E-state index contributed by atoms with van der Waals surface area (Å²) in [5.41, 5.74) is 2.15. The van der Waals surface area contributed by atoms with Gasteiger partial charge in [-0.1, -0.05) is 18.2 Å². The molecule has 144 valence electrons. The number of imidazole rings is 1. The molecule has 1 saturated heterocycles. The van der Waals surface area contributed by atoms with Gasteiger partial charge in [-0.05, 0) is 29.3 Å². The van der Waals surface area contributed by atoms with Crippen LogP contribution in [0.1, 0.15) is 17.2 Å². The van der Waals surface area contributed by atoms with Crippen LogP contribution in [0, 0.1) is 5.82 Å². The van der Waals surface area contributed by atoms with Crippen LogP contribution >= 0.6 is 24.8 Å². The van der Waals surface area contributed by atoms with E-state index in [0.29, 0.717) is 0 Å². The number of hydrogen-bond donors (Lipinski definition) is 1. The fraction of sp³-hybridized carbons (Fsp3) is 0.263. The Labute approximate surface area is 170 Å². The predicted molar refractivity (Wildman–Crippen MR) is 108 cm³/mol. The van der Waals surface area contributed by atoms with Gasteiger partial charge in [-0.25, -0.2) is 14.4 Å². The molecule has 0 spiro atoms. The van der Waals surface area contributed by atoms with E-state index >= 15 is 0 Å². The van der Waals surface area contributed by atoms with Gasteiger partial charge in [0.05, 0.1) is 0 Å². The molecule has 1 fully saturated rings. The molecule has 3 heterocycles. The van der Waals surface area contributed by atoms with Crippen LogP contribution < -0.4 is 5.32 Å². The van der Waals surface area contributed by atoms with Gasteiger partial charge in [0.2, 0.25) is 0 Å². The summed E-state index contributed by atoms with van der Waals surface area (Å²) < 4.78 is 15.5. The molecule has 2 aromatic heterocycles. The number of nitrogens with one attached hydrogen (secondary N) is 1. The molecule has 1 aliphatic heterocycles. The van der Waals surface area contributed by atoms with Gasteiger partial charge in [0, 0.05) is 50.8 Å². The van der Waals surface area contributed by atoms with E-state index in [1.54, 1.807) is 24.7 Å². The highest BCUT2D eigenvalue weighted by molar-refractivity contribution is 5.85. The summed E-state index contributed by atoms with van der Waals surface area (Å²) in [6, 6.07) is 11.1. The Hall–Kier alpha value is -1.99. The van der Waals surface area contributed by atoms with Gasteiger partial charge < -0.3 is 5.32 Å². The standard InChI is InChI=1S/C19H20FN5.2ClH/c20-17-3-1-2-16(10-17)18-12-21-6-8-24(18)13-15-4-5-19(23-11-15)25-9-7-22-14-25;;/h1-5,7,9-11,14,18,21H,6,8,12-13H2;2*1H. The largest absolute Gasteiger partial charge is 0.314 e. The zero-order chi connectivity index (χ0) is 17.1. The molecule has 1 unspecified atom stereocenters. The first-order valence-corrected chi connectivity index (χ1v) is 8.43. The van der Waals surface area contributed by atoms with Crippen molar-refractivity contribution in [3.8, 4) is 5.82 Å². The summed E-state index contributed by atoms with van der Waals surface area (Å²) >= 11 is 0. The zero-order valence-electron chi connectivity index (χ0n) is 14.7. The number of pyridine rings is 1. The molecule has 27 heavy (non-hydrogen) atoms. The second-order valence-electron chi connectivity index (χ2n) is 6.24. The average molecular weight is 410 g/mol. The lowest BCUT2D eigenvalue weighted by atomic mass is 10.0. The SMILES string of the molecule is Cl.Cl.Fc1cccc(C2CNCCN2Cc2ccc(-n3ccnc3)nc2)c1. The first-order chi connectivity index (χ1) is 12.3. The van der Waals surface area contributed by atoms with Gasteiger partial charge >= 0.3 is 0 Å². The van der Waals surface area contributed by atoms with Crippen LogP contribution in [0.5, 0.6) is 0 Å². The van der Waals surface area contributed by atoms with Crippen molar-refractivity contribution >= 4 is 24.8 Å². The highest BCUT2D eigenvalue weighted by Gasteiger charge is 2.24. The maximum absolute atomic E-state index is 13.6. The van der Waals surface area contributed by atoms with Crippen LogP contribution in [0.3, 0.4) is 0 Å². The lowest BCUT2D eigenvalue weighted by molar-refractivity contribution is 0.153. The molecule has 1 N–H and O–H groups in total. The third kappa shape index (κ3) is 5.05. The van der Waals surface area contributed by atoms with E-state index in [4.69, 9.17) is 0 Å². The highest BCUT2D eigenvalue weighted by atomic mass is 35.5. The normalized spacial score (nSPS) is 17.0. The predicted octanol–water partition coefficient (Wildman–Crippen LogP) is 3.40. The van der Waals surface area contributed by atoms with Crippen molar-refractivity contribution in [3.05, 3.63) is 78.3 Å². The maximum atomic E-state index is 13.6. The van der Waals surface area contributed by atoms with Crippen molar-refractivity contribution in [2.75, 3.05) is 19.6 Å². The van der Waals surface area contributed by atoms with E-state index < -0.39 is 0 Å². The molecule has 5 nitrogen and oxygen atoms in total. The van der Waals surface area contributed by atoms with E-state index in [9.17, 15) is 4.39 Å². The van der Waals surface area contributed by atoms with Crippen LogP contribution in [0.15, 0.2) is 61.3 Å². The Balaban J connectivity index is 0.00000131. The minimum atomic E-state index is -0.186. The molecule has 4 rings (SSSR count). The van der Waals surface area contributed by atoms with E-state index in [0.717, 1.165) is 43.1 Å². The molecule has 8 heteroatoms. The molecule has 0 aliphatic carbocycles. The van der Waals surface area contributed by atoms with Crippen molar-refractivity contribution in [1.82, 2.24) is 24.8 Å². The molecule has 1 aromatic carbocycles. The van der Waals surface area contributed by atoms with Crippen LogP contribution in [0.25, 0.3) is 5.82 Å². The number of piperazine rings is 1. The quantitative estimate of drug-likeness (QED) is 0.716. The van der Waals surface area contributed by atoms with Crippen molar-refractivity contribution in [2.45, 2.75) is 12.6 Å². The Morgan fingerprint density at radius 1 is 1.19 bits per heavy atom. The first-order valence-electron chi connectivity index (χ1n) is 8.43. The monoisotopic (exact) mass is 409 g/mol. The van der Waals surface area contributed by atoms with Gasteiger partial charge in [-0.3, -0.25) is 9.47 Å². The Morgan fingerprint density at radius 2 is 2.07 bits per heavy atom. The van der Waals surface area contributed by atoms with E-state index in [-0.39, 0.29) is 36.7 Å². The molecule has 1 aliphatic rings. The van der Waals surface area contributed by atoms with Crippen molar-refractivity contribution in [3.63, 3.8) is 0 Å². The third-order valence-electron chi connectivity index (χ3n) is 4.55. The van der Waals surface area contributed by atoms with Gasteiger partial charge in [0.15, 0.2) is 0 Å². The summed E-state index contributed by atoms with van der Waals surface area (Å²) in [5, 5.41) is 3.41. The molecule has 0 saturated carbocycles. The molecule has 3 aromatic rings. The fourth-order valence-corrected chi connectivity index (χ4v) is 3.27. The molecular weight excluding hydrogens is 388 g/mol. The van der Waals surface area contributed by atoms with Gasteiger partial charge in [0.1, 0.15) is 18.0 Å². The summed E-state index contributed by atoms with van der Waals surface area (Å²) in [4.78, 5) is 10.9. The second-order valence-corrected chi connectivity index (χ2v) is 6.24. The number of aromatic nitrogens is 3. The summed E-state index contributed by atoms with van der Waals surface area (Å²) in [6.45, 7) is 3.47. The molecule has 0 bridgehead atoms. The number of halogens is 3. The van der Waals surface area contributed by atoms with Gasteiger partial charge in [0.25, 0.3) is 0 Å². The van der Waals surface area contributed by atoms with Crippen molar-refractivity contribution in [2.24, 2.45) is 0 Å². The van der Waals surface area contributed by atoms with Crippen LogP contribution in [0.2, 0.25) is 0 Å². The number of rotatable bonds is 4. The molecule has 1 atom stereocenters. The average Bonchev–Trinajstić information content (AvgIpc) is 3.18. The van der Waals surface area contributed by atoms with E-state index in [1.807, 2.05) is 29.1 Å². The summed E-state index contributed by atoms with van der Waals surface area (Å²) in [7, 11) is 0. The van der Waals surface area contributed by atoms with Crippen molar-refractivity contribution in [1.29, 1.82) is 0 Å². The minimum absolute atomic E-state index is 0. The number of nitrogens with zero attached hydrogens (tertiary/aromatic N) is 4. The van der Waals surface area contributed by atoms with Crippen LogP contribution in [-0.2, 0) is 6.54 Å². The Bertz CT molecular complexity index is 826. The van der Waals surface area contributed by atoms with E-state index in [2.05, 4.69) is 26.3 Å². The first kappa shape index (κ1) is 21.3. The van der Waals surface area contributed by atoms with Crippen LogP contribution in [0.4, 0.5) is 4.39 Å². The topological polar surface area (TPSA) is 46.0 Å². The Morgan fingerprint density at radius 3 is 2.78 bits per heavy atom. The summed E-state index contributed by atoms with van der Waals surface area (Å²) in [5.74, 6) is 0.664. The maximum Gasteiger partial charge on any atom is 0.137 e. The van der Waals surface area contributed by atoms with Crippen molar-refractivity contribution < 1.29 is 4.39 Å². The molecule has 0 amide bonds. The zero-order valence-corrected chi connectivity index (χ0v) is 16.3. The second kappa shape index (κ2) is 9.80. The lowest BCUT2D eigenvalue weighted by Gasteiger charge is -2.36. The molecular formula is C19H22Cl2FN5. The number of hydrogen-bond acceptors (Lipinski definition) is 4. The Kier molecular flexibility index (Phi) is 7.74. The lowest BCUT2D eigenvalue weighted by Crippen LogP contribution is -2.45. The fourth-order valence-electron chi connectivity index (χ4n) is 3.27. The van der Waals surface area contributed by atoms with E-state index in [1.165, 1.54) is 6.07 Å². The third-order valence-corrected chi connectivity index (χ3v) is 4.55. The smallest absolute Gasteiger partial charge is 0.137 e.